The fourth-order valence-corrected chi connectivity index (χ4v) is 5.52. The number of halogens is 3. The molecule has 3 rings (SSSR count). The van der Waals surface area contributed by atoms with E-state index in [9.17, 15) is 36.3 Å². The van der Waals surface area contributed by atoms with Gasteiger partial charge in [0.25, 0.3) is 0 Å². The number of amides is 1. The van der Waals surface area contributed by atoms with Gasteiger partial charge in [-0.05, 0) is 73.2 Å². The number of aliphatic hydroxyl groups is 1. The second-order valence-electron chi connectivity index (χ2n) is 10.2. The number of hydrogen-bond donors (Lipinski definition) is 1. The molecule has 0 spiro atoms. The molecule has 0 unspecified atom stereocenters. The number of sulfone groups is 1. The topological polar surface area (TPSA) is 91.8 Å². The second-order valence-corrected chi connectivity index (χ2v) is 12.2. The molecule has 6 nitrogen and oxygen atoms in total. The summed E-state index contributed by atoms with van der Waals surface area (Å²) in [6.07, 6.45) is -0.648. The van der Waals surface area contributed by atoms with E-state index in [0.717, 1.165) is 31.2 Å². The molecule has 2 aromatic carbocycles. The van der Waals surface area contributed by atoms with Gasteiger partial charge in [0.1, 0.15) is 0 Å². The Balaban J connectivity index is 1.79. The number of carbonyl (C=O) groups excluding carboxylic acids is 2. The van der Waals surface area contributed by atoms with E-state index in [0.29, 0.717) is 38.3 Å². The largest absolute Gasteiger partial charge is 0.416 e. The average molecular weight is 554 g/mol. The van der Waals surface area contributed by atoms with E-state index in [1.807, 2.05) is 0 Å². The van der Waals surface area contributed by atoms with Gasteiger partial charge in [-0.2, -0.15) is 13.2 Å². The van der Waals surface area contributed by atoms with Crippen molar-refractivity contribution in [1.82, 2.24) is 4.90 Å². The fourth-order valence-electron chi connectivity index (χ4n) is 4.89. The van der Waals surface area contributed by atoms with Gasteiger partial charge in [0.2, 0.25) is 5.91 Å². The molecule has 0 saturated carbocycles. The zero-order valence-corrected chi connectivity index (χ0v) is 22.7. The van der Waals surface area contributed by atoms with Crippen molar-refractivity contribution in [1.29, 1.82) is 0 Å². The molecule has 0 atom stereocenters. The highest BCUT2D eigenvalue weighted by Crippen LogP contribution is 2.33. The summed E-state index contributed by atoms with van der Waals surface area (Å²) in [4.78, 5) is 27.5. The second kappa shape index (κ2) is 11.6. The van der Waals surface area contributed by atoms with Crippen molar-refractivity contribution in [3.05, 3.63) is 64.7 Å². The third kappa shape index (κ3) is 7.44. The summed E-state index contributed by atoms with van der Waals surface area (Å²) in [5.74, 6) is -0.690. The van der Waals surface area contributed by atoms with Crippen molar-refractivity contribution in [2.45, 2.75) is 69.0 Å². The van der Waals surface area contributed by atoms with Crippen LogP contribution in [0.5, 0.6) is 0 Å². The van der Waals surface area contributed by atoms with E-state index in [2.05, 4.69) is 13.8 Å². The van der Waals surface area contributed by atoms with Gasteiger partial charge >= 0.3 is 6.18 Å². The molecule has 1 saturated heterocycles. The molecular weight excluding hydrogens is 519 g/mol. The molecule has 208 valence electrons. The van der Waals surface area contributed by atoms with Crippen LogP contribution in [0.4, 0.5) is 13.2 Å². The highest BCUT2D eigenvalue weighted by Gasteiger charge is 2.36. The number of alkyl halides is 3. The Morgan fingerprint density at radius 2 is 1.58 bits per heavy atom. The quantitative estimate of drug-likeness (QED) is 0.438. The van der Waals surface area contributed by atoms with Gasteiger partial charge in [-0.15, -0.1) is 0 Å². The predicted octanol–water partition coefficient (Wildman–Crippen LogP) is 5.06. The number of hydrogen-bond acceptors (Lipinski definition) is 5. The minimum Gasteiger partial charge on any atom is -0.390 e. The Morgan fingerprint density at radius 1 is 1.00 bits per heavy atom. The molecule has 1 aliphatic rings. The third-order valence-corrected chi connectivity index (χ3v) is 8.48. The van der Waals surface area contributed by atoms with Gasteiger partial charge in [-0.3, -0.25) is 9.59 Å². The predicted molar refractivity (Wildman–Crippen MR) is 138 cm³/mol. The van der Waals surface area contributed by atoms with Crippen LogP contribution >= 0.6 is 0 Å². The number of rotatable bonds is 9. The summed E-state index contributed by atoms with van der Waals surface area (Å²) in [5.41, 5.74) is -2.05. The molecule has 1 heterocycles. The van der Waals surface area contributed by atoms with Crippen molar-refractivity contribution >= 4 is 21.5 Å². The van der Waals surface area contributed by atoms with Gasteiger partial charge in [0, 0.05) is 30.5 Å². The normalized spacial score (nSPS) is 16.1. The van der Waals surface area contributed by atoms with Crippen LogP contribution in [-0.2, 0) is 27.2 Å². The standard InChI is InChI=1S/C28H34F3NO5S/c1-4-19(5-2)18-27(35)10-12-32(13-11-27)25(33)16-20-14-22(17-23(15-20)28(29,30)31)26(34)21-6-8-24(9-7-21)38(3,36)37/h6-9,14-15,17,19,35H,4-5,10-13,16,18H2,1-3H3. The fraction of sp³-hybridized carbons (Fsp3) is 0.500. The van der Waals surface area contributed by atoms with Crippen LogP contribution in [0.15, 0.2) is 47.4 Å². The lowest BCUT2D eigenvalue weighted by atomic mass is 9.81. The first kappa shape index (κ1) is 29.8. The van der Waals surface area contributed by atoms with E-state index in [-0.39, 0.29) is 33.9 Å². The molecule has 10 heteroatoms. The van der Waals surface area contributed by atoms with E-state index < -0.39 is 33.0 Å². The zero-order valence-electron chi connectivity index (χ0n) is 21.8. The van der Waals surface area contributed by atoms with E-state index in [1.54, 1.807) is 4.90 Å². The molecule has 0 aromatic heterocycles. The minimum absolute atomic E-state index is 0.0160. The molecular formula is C28H34F3NO5S. The third-order valence-electron chi connectivity index (χ3n) is 7.35. The Morgan fingerprint density at radius 3 is 2.08 bits per heavy atom. The summed E-state index contributed by atoms with van der Waals surface area (Å²) >= 11 is 0. The SMILES string of the molecule is CCC(CC)CC1(O)CCN(C(=O)Cc2cc(C(=O)c3ccc(S(C)(=O)=O)cc3)cc(C(F)(F)F)c2)CC1. The lowest BCUT2D eigenvalue weighted by Gasteiger charge is -2.40. The maximum atomic E-state index is 13.6. The van der Waals surface area contributed by atoms with Crippen molar-refractivity contribution in [3.63, 3.8) is 0 Å². The Hall–Kier alpha value is -2.72. The molecule has 38 heavy (non-hydrogen) atoms. The maximum absolute atomic E-state index is 13.6. The molecule has 1 aliphatic heterocycles. The summed E-state index contributed by atoms with van der Waals surface area (Å²) in [7, 11) is -3.50. The number of piperidine rings is 1. The summed E-state index contributed by atoms with van der Waals surface area (Å²) in [5, 5.41) is 11.0. The van der Waals surface area contributed by atoms with E-state index >= 15 is 0 Å². The Kier molecular flexibility index (Phi) is 9.08. The van der Waals surface area contributed by atoms with E-state index in [1.165, 1.54) is 30.3 Å². The monoisotopic (exact) mass is 553 g/mol. The van der Waals surface area contributed by atoms with Crippen molar-refractivity contribution in [2.24, 2.45) is 5.92 Å². The van der Waals surface area contributed by atoms with E-state index in [4.69, 9.17) is 0 Å². The van der Waals surface area contributed by atoms with Crippen LogP contribution in [0.3, 0.4) is 0 Å². The molecule has 2 aromatic rings. The highest BCUT2D eigenvalue weighted by atomic mass is 32.2. The summed E-state index contributed by atoms with van der Waals surface area (Å²) in [6, 6.07) is 7.82. The molecule has 0 bridgehead atoms. The smallest absolute Gasteiger partial charge is 0.390 e. The Labute approximate surface area is 221 Å². The van der Waals surface area contributed by atoms with Crippen molar-refractivity contribution < 1.29 is 36.3 Å². The number of ketones is 1. The minimum atomic E-state index is -4.73. The van der Waals surface area contributed by atoms with Crippen LogP contribution in [-0.4, -0.2) is 55.1 Å². The number of likely N-dealkylation sites (tertiary alicyclic amines) is 1. The highest BCUT2D eigenvalue weighted by molar-refractivity contribution is 7.90. The summed E-state index contributed by atoms with van der Waals surface area (Å²) in [6.45, 7) is 4.78. The Bertz CT molecular complexity index is 1260. The lowest BCUT2D eigenvalue weighted by molar-refractivity contribution is -0.138. The number of carbonyl (C=O) groups is 2. The van der Waals surface area contributed by atoms with Crippen LogP contribution in [0.1, 0.15) is 73.0 Å². The van der Waals surface area contributed by atoms with Crippen molar-refractivity contribution in [2.75, 3.05) is 19.3 Å². The number of nitrogens with zero attached hydrogens (tertiary/aromatic N) is 1. The molecule has 1 amide bonds. The van der Waals surface area contributed by atoms with Gasteiger partial charge in [-0.1, -0.05) is 26.7 Å². The molecule has 0 radical (unpaired) electrons. The average Bonchev–Trinajstić information content (AvgIpc) is 2.86. The first-order chi connectivity index (χ1) is 17.6. The van der Waals surface area contributed by atoms with Gasteiger partial charge in [0.15, 0.2) is 15.6 Å². The molecule has 1 N–H and O–H groups in total. The van der Waals surface area contributed by atoms with Crippen LogP contribution in [0, 0.1) is 5.92 Å². The van der Waals surface area contributed by atoms with Gasteiger partial charge < -0.3 is 10.0 Å². The first-order valence-corrected chi connectivity index (χ1v) is 14.6. The zero-order chi connectivity index (χ0) is 28.3. The van der Waals surface area contributed by atoms with Crippen LogP contribution in [0.25, 0.3) is 0 Å². The van der Waals surface area contributed by atoms with Gasteiger partial charge in [-0.25, -0.2) is 8.42 Å². The number of benzene rings is 2. The lowest BCUT2D eigenvalue weighted by Crippen LogP contribution is -2.47. The van der Waals surface area contributed by atoms with Crippen LogP contribution in [0.2, 0.25) is 0 Å². The van der Waals surface area contributed by atoms with Crippen LogP contribution < -0.4 is 0 Å². The molecule has 1 fully saturated rings. The summed E-state index contributed by atoms with van der Waals surface area (Å²) < 4.78 is 64.2. The van der Waals surface area contributed by atoms with Crippen molar-refractivity contribution in [3.8, 4) is 0 Å². The first-order valence-electron chi connectivity index (χ1n) is 12.7. The maximum Gasteiger partial charge on any atom is 0.416 e. The molecule has 0 aliphatic carbocycles. The van der Waals surface area contributed by atoms with Gasteiger partial charge in [0.05, 0.1) is 22.5 Å².